The molecule has 13 heteroatoms. The highest BCUT2D eigenvalue weighted by atomic mass is 32.2. The molecule has 2 unspecified atom stereocenters. The zero-order valence-corrected chi connectivity index (χ0v) is 29.2. The number of rotatable bonds is 17. The molecule has 1 saturated heterocycles. The summed E-state index contributed by atoms with van der Waals surface area (Å²) in [5, 5.41) is 15.8. The standard InChI is InChI=1S/C31H41N5O7S.C4H10/c1-2-9-24(28(38)35-44-21-14-15-21)34-29(39)26-13-8-16-36(26)27(37)19-32-31(42)43-17-6-4-3-5-10-20-11-7-12-23-22(20)18-25(33-23)30(40)41;1-4(2)3/h2,7,11-12,18,21,24,26,33H,1,3-6,8-10,13-17,19H2,(H,32,42)(H,34,39)(H,35,38)(H,40,41);4H,1-3H3. The Balaban J connectivity index is 0.00000148. The smallest absolute Gasteiger partial charge is 0.407 e. The molecule has 0 radical (unpaired) electrons. The van der Waals surface area contributed by atoms with Crippen molar-refractivity contribution in [1.82, 2.24) is 25.2 Å². The second-order valence-electron chi connectivity index (χ2n) is 12.9. The first-order chi connectivity index (χ1) is 23.0. The minimum Gasteiger partial charge on any atom is -0.477 e. The lowest BCUT2D eigenvalue weighted by Crippen LogP contribution is -2.53. The number of hydrogen-bond donors (Lipinski definition) is 5. The number of H-pyrrole nitrogens is 1. The van der Waals surface area contributed by atoms with Crippen LogP contribution in [0.3, 0.4) is 0 Å². The highest BCUT2D eigenvalue weighted by Crippen LogP contribution is 2.31. The van der Waals surface area contributed by atoms with Gasteiger partial charge in [0.1, 0.15) is 24.3 Å². The van der Waals surface area contributed by atoms with E-state index in [-0.39, 0.29) is 37.1 Å². The SMILES string of the molecule is C=CCC(NC(=O)C1CCCN1C(=O)CNC(=O)OCCCCCCc1cccc2[nH]c(C(=O)O)cc12)C(=O)NSC1CC1.CC(C)C. The summed E-state index contributed by atoms with van der Waals surface area (Å²) in [5.74, 6) is -1.23. The lowest BCUT2D eigenvalue weighted by Gasteiger charge is -2.26. The lowest BCUT2D eigenvalue weighted by molar-refractivity contribution is -0.138. The third-order valence-electron chi connectivity index (χ3n) is 7.70. The Morgan fingerprint density at radius 3 is 2.52 bits per heavy atom. The van der Waals surface area contributed by atoms with E-state index < -0.39 is 30.1 Å². The van der Waals surface area contributed by atoms with Crippen molar-refractivity contribution in [3.63, 3.8) is 0 Å². The summed E-state index contributed by atoms with van der Waals surface area (Å²) in [6.07, 6.45) is 8.59. The quantitative estimate of drug-likeness (QED) is 0.0845. The van der Waals surface area contributed by atoms with Gasteiger partial charge in [0.15, 0.2) is 0 Å². The van der Waals surface area contributed by atoms with Gasteiger partial charge in [-0.1, -0.05) is 51.8 Å². The Bertz CT molecular complexity index is 1400. The van der Waals surface area contributed by atoms with Gasteiger partial charge in [0.25, 0.3) is 5.91 Å². The molecule has 1 aliphatic carbocycles. The molecule has 264 valence electrons. The number of carboxylic acid groups (broad SMARTS) is 1. The molecule has 2 aliphatic rings. The summed E-state index contributed by atoms with van der Waals surface area (Å²) in [4.78, 5) is 66.1. The maximum Gasteiger partial charge on any atom is 0.407 e. The molecule has 0 bridgehead atoms. The van der Waals surface area contributed by atoms with E-state index in [4.69, 9.17) is 4.74 Å². The lowest BCUT2D eigenvalue weighted by atomic mass is 10.0. The van der Waals surface area contributed by atoms with Crippen molar-refractivity contribution in [2.75, 3.05) is 19.7 Å². The van der Waals surface area contributed by atoms with Crippen LogP contribution in [-0.4, -0.2) is 81.8 Å². The Labute approximate surface area is 287 Å². The average Bonchev–Trinajstić information content (AvgIpc) is 3.54. The molecule has 2 fully saturated rings. The number of nitrogens with zero attached hydrogens (tertiary/aromatic N) is 1. The molecule has 0 spiro atoms. The van der Waals surface area contributed by atoms with Crippen LogP contribution < -0.4 is 15.4 Å². The molecule has 2 aromatic rings. The minimum atomic E-state index is -0.985. The van der Waals surface area contributed by atoms with Crippen molar-refractivity contribution >= 4 is 52.6 Å². The van der Waals surface area contributed by atoms with Gasteiger partial charge in [0.2, 0.25) is 11.8 Å². The predicted octanol–water partition coefficient (Wildman–Crippen LogP) is 5.34. The van der Waals surface area contributed by atoms with E-state index in [0.29, 0.717) is 31.1 Å². The fourth-order valence-electron chi connectivity index (χ4n) is 5.19. The van der Waals surface area contributed by atoms with E-state index in [1.54, 1.807) is 12.1 Å². The van der Waals surface area contributed by atoms with Crippen LogP contribution in [0.1, 0.15) is 94.6 Å². The van der Waals surface area contributed by atoms with E-state index in [1.165, 1.54) is 16.8 Å². The first-order valence-electron chi connectivity index (χ1n) is 16.9. The van der Waals surface area contributed by atoms with Gasteiger partial charge >= 0.3 is 12.1 Å². The van der Waals surface area contributed by atoms with Gasteiger partial charge in [-0.15, -0.1) is 6.58 Å². The van der Waals surface area contributed by atoms with Gasteiger partial charge < -0.3 is 30.4 Å². The van der Waals surface area contributed by atoms with Crippen molar-refractivity contribution in [1.29, 1.82) is 0 Å². The zero-order chi connectivity index (χ0) is 35.1. The number of ether oxygens (including phenoxy) is 1. The third kappa shape index (κ3) is 12.9. The Hall–Kier alpha value is -4.00. The third-order valence-corrected chi connectivity index (χ3v) is 8.83. The molecule has 4 rings (SSSR count). The van der Waals surface area contributed by atoms with Crippen LogP contribution in [0.4, 0.5) is 4.79 Å². The molecule has 12 nitrogen and oxygen atoms in total. The van der Waals surface area contributed by atoms with Crippen molar-refractivity contribution < 1.29 is 33.8 Å². The van der Waals surface area contributed by atoms with Crippen LogP contribution >= 0.6 is 11.9 Å². The van der Waals surface area contributed by atoms with Crippen molar-refractivity contribution in [2.24, 2.45) is 5.92 Å². The molecule has 2 atom stereocenters. The number of carbonyl (C=O) groups excluding carboxylic acids is 4. The fourth-order valence-corrected chi connectivity index (χ4v) is 5.99. The van der Waals surface area contributed by atoms with Gasteiger partial charge in [0.05, 0.1) is 6.61 Å². The van der Waals surface area contributed by atoms with Crippen LogP contribution in [0.5, 0.6) is 0 Å². The Morgan fingerprint density at radius 2 is 1.83 bits per heavy atom. The molecular formula is C35H51N5O7S. The maximum atomic E-state index is 13.0. The van der Waals surface area contributed by atoms with E-state index in [0.717, 1.165) is 60.9 Å². The van der Waals surface area contributed by atoms with E-state index in [1.807, 2.05) is 18.2 Å². The first kappa shape index (κ1) is 38.4. The van der Waals surface area contributed by atoms with Crippen molar-refractivity contribution in [3.05, 3.63) is 48.2 Å². The van der Waals surface area contributed by atoms with E-state index >= 15 is 0 Å². The number of carboxylic acids is 1. The number of hydrogen-bond acceptors (Lipinski definition) is 7. The number of fused-ring (bicyclic) bond motifs is 1. The zero-order valence-electron chi connectivity index (χ0n) is 28.3. The topological polar surface area (TPSA) is 170 Å². The Morgan fingerprint density at radius 1 is 1.10 bits per heavy atom. The van der Waals surface area contributed by atoms with E-state index in [9.17, 15) is 29.1 Å². The maximum absolute atomic E-state index is 13.0. The number of unbranched alkanes of at least 4 members (excludes halogenated alkanes) is 3. The molecule has 1 saturated carbocycles. The molecule has 4 amide bonds. The van der Waals surface area contributed by atoms with Crippen LogP contribution in [0.15, 0.2) is 36.9 Å². The number of amides is 4. The van der Waals surface area contributed by atoms with Crippen LogP contribution in [0.2, 0.25) is 0 Å². The molecule has 5 N–H and O–H groups in total. The number of aromatic nitrogens is 1. The monoisotopic (exact) mass is 685 g/mol. The van der Waals surface area contributed by atoms with E-state index in [2.05, 4.69) is 47.7 Å². The molecule has 2 heterocycles. The average molecular weight is 686 g/mol. The molecule has 1 aromatic heterocycles. The number of carbonyl (C=O) groups is 5. The summed E-state index contributed by atoms with van der Waals surface area (Å²) >= 11 is 1.37. The van der Waals surface area contributed by atoms with Gasteiger partial charge in [-0.05, 0) is 86.9 Å². The summed E-state index contributed by atoms with van der Waals surface area (Å²) in [6.45, 7) is 10.5. The number of nitrogens with one attached hydrogen (secondary N) is 4. The van der Waals surface area contributed by atoms with Crippen LogP contribution in [0, 0.1) is 5.92 Å². The normalized spacial score (nSPS) is 16.1. The van der Waals surface area contributed by atoms with Gasteiger partial charge in [-0.25, -0.2) is 9.59 Å². The molecular weight excluding hydrogens is 634 g/mol. The second kappa shape index (κ2) is 19.7. The number of aryl methyl sites for hydroxylation is 1. The summed E-state index contributed by atoms with van der Waals surface area (Å²) in [5.41, 5.74) is 2.07. The second-order valence-corrected chi connectivity index (χ2v) is 14.0. The van der Waals surface area contributed by atoms with Crippen molar-refractivity contribution in [2.45, 2.75) is 102 Å². The number of alkyl carbamates (subject to hydrolysis) is 1. The highest BCUT2D eigenvalue weighted by Gasteiger charge is 2.36. The Kier molecular flexibility index (Phi) is 15.8. The summed E-state index contributed by atoms with van der Waals surface area (Å²) in [6, 6.07) is 5.96. The predicted molar refractivity (Wildman–Crippen MR) is 188 cm³/mol. The number of likely N-dealkylation sites (tertiary alicyclic amines) is 1. The first-order valence-corrected chi connectivity index (χ1v) is 17.8. The van der Waals surface area contributed by atoms with Gasteiger partial charge in [-0.2, -0.15) is 0 Å². The van der Waals surface area contributed by atoms with Crippen LogP contribution in [-0.2, 0) is 25.5 Å². The van der Waals surface area contributed by atoms with Gasteiger partial charge in [-0.3, -0.25) is 19.1 Å². The number of aromatic amines is 1. The largest absolute Gasteiger partial charge is 0.477 e. The van der Waals surface area contributed by atoms with Gasteiger partial charge in [0, 0.05) is 22.7 Å². The molecule has 1 aliphatic heterocycles. The van der Waals surface area contributed by atoms with Crippen LogP contribution in [0.25, 0.3) is 10.9 Å². The summed E-state index contributed by atoms with van der Waals surface area (Å²) in [7, 11) is 0. The number of benzene rings is 1. The number of aromatic carboxylic acids is 1. The molecule has 48 heavy (non-hydrogen) atoms. The minimum absolute atomic E-state index is 0.173. The summed E-state index contributed by atoms with van der Waals surface area (Å²) < 4.78 is 8.01. The molecule has 1 aromatic carbocycles. The fraction of sp³-hybridized carbons (Fsp3) is 0.571. The highest BCUT2D eigenvalue weighted by molar-refractivity contribution is 7.98. The van der Waals surface area contributed by atoms with Crippen molar-refractivity contribution in [3.8, 4) is 0 Å².